The van der Waals surface area contributed by atoms with Crippen LogP contribution in [0.15, 0.2) is 30.3 Å². The topological polar surface area (TPSA) is 53.2 Å². The number of hydrazine groups is 1. The molecule has 0 radical (unpaired) electrons. The number of amides is 1. The highest BCUT2D eigenvalue weighted by Gasteiger charge is 2.18. The van der Waals surface area contributed by atoms with Gasteiger partial charge in [-0.15, -0.1) is 0 Å². The van der Waals surface area contributed by atoms with Gasteiger partial charge in [-0.05, 0) is 43.1 Å². The maximum absolute atomic E-state index is 11.7. The van der Waals surface area contributed by atoms with E-state index >= 15 is 0 Å². The summed E-state index contributed by atoms with van der Waals surface area (Å²) in [7, 11) is 0. The number of thiocarbonyl (C=S) groups is 1. The van der Waals surface area contributed by atoms with Gasteiger partial charge in [-0.25, -0.2) is 0 Å². The van der Waals surface area contributed by atoms with Gasteiger partial charge >= 0.3 is 0 Å². The molecule has 0 heterocycles. The summed E-state index contributed by atoms with van der Waals surface area (Å²) in [6.45, 7) is 0. The Hall–Kier alpha value is -1.62. The zero-order chi connectivity index (χ0) is 13.5. The maximum Gasteiger partial charge on any atom is 0.238 e. The second kappa shape index (κ2) is 7.09. The van der Waals surface area contributed by atoms with Crippen molar-refractivity contribution < 1.29 is 4.79 Å². The zero-order valence-corrected chi connectivity index (χ0v) is 11.6. The van der Waals surface area contributed by atoms with Crippen LogP contribution in [0, 0.1) is 5.92 Å². The molecule has 0 unspecified atom stereocenters. The molecule has 0 spiro atoms. The van der Waals surface area contributed by atoms with E-state index in [-0.39, 0.29) is 5.91 Å². The monoisotopic (exact) mass is 277 g/mol. The fraction of sp³-hybridized carbons (Fsp3) is 0.429. The molecular weight excluding hydrogens is 258 g/mol. The number of hydrogen-bond donors (Lipinski definition) is 3. The predicted molar refractivity (Wildman–Crippen MR) is 80.5 cm³/mol. The predicted octanol–water partition coefficient (Wildman–Crippen LogP) is 2.58. The summed E-state index contributed by atoms with van der Waals surface area (Å²) in [6, 6.07) is 9.60. The van der Waals surface area contributed by atoms with Gasteiger partial charge in [-0.1, -0.05) is 31.0 Å². The number of carbonyl (C=O) groups is 1. The quantitative estimate of drug-likeness (QED) is 0.587. The normalized spacial score (nSPS) is 14.9. The summed E-state index contributed by atoms with van der Waals surface area (Å²) in [6.07, 6.45) is 5.42. The summed E-state index contributed by atoms with van der Waals surface area (Å²) < 4.78 is 0. The van der Waals surface area contributed by atoms with E-state index in [1.165, 1.54) is 25.7 Å². The fourth-order valence-electron chi connectivity index (χ4n) is 2.34. The van der Waals surface area contributed by atoms with Crippen molar-refractivity contribution in [3.05, 3.63) is 30.3 Å². The van der Waals surface area contributed by atoms with Crippen molar-refractivity contribution in [2.24, 2.45) is 5.92 Å². The van der Waals surface area contributed by atoms with E-state index in [0.717, 1.165) is 5.69 Å². The lowest BCUT2D eigenvalue weighted by Crippen LogP contribution is -2.44. The van der Waals surface area contributed by atoms with Crippen molar-refractivity contribution in [1.82, 2.24) is 10.9 Å². The largest absolute Gasteiger partial charge is 0.331 e. The molecule has 5 heteroatoms. The molecule has 1 fully saturated rings. The van der Waals surface area contributed by atoms with Gasteiger partial charge in [0.25, 0.3) is 0 Å². The highest BCUT2D eigenvalue weighted by Crippen LogP contribution is 2.27. The molecule has 1 amide bonds. The molecule has 1 aliphatic rings. The van der Waals surface area contributed by atoms with E-state index < -0.39 is 0 Å². The van der Waals surface area contributed by atoms with Crippen molar-refractivity contribution in [3.63, 3.8) is 0 Å². The number of hydrogen-bond acceptors (Lipinski definition) is 2. The molecule has 0 aliphatic heterocycles. The molecule has 1 aromatic carbocycles. The van der Waals surface area contributed by atoms with Crippen LogP contribution in [0.4, 0.5) is 5.69 Å². The van der Waals surface area contributed by atoms with E-state index in [2.05, 4.69) is 16.2 Å². The van der Waals surface area contributed by atoms with Gasteiger partial charge in [0, 0.05) is 12.1 Å². The van der Waals surface area contributed by atoms with Crippen molar-refractivity contribution >= 4 is 28.9 Å². The average molecular weight is 277 g/mol. The van der Waals surface area contributed by atoms with Crippen LogP contribution < -0.4 is 16.2 Å². The molecular formula is C14H19N3OS. The summed E-state index contributed by atoms with van der Waals surface area (Å²) in [5, 5.41) is 3.39. The Morgan fingerprint density at radius 2 is 1.84 bits per heavy atom. The number of benzene rings is 1. The number of rotatable bonds is 3. The van der Waals surface area contributed by atoms with E-state index in [1.54, 1.807) is 0 Å². The smallest absolute Gasteiger partial charge is 0.238 e. The molecule has 0 aromatic heterocycles. The van der Waals surface area contributed by atoms with Gasteiger partial charge in [-0.3, -0.25) is 15.6 Å². The molecule has 1 aromatic rings. The third kappa shape index (κ3) is 4.87. The summed E-state index contributed by atoms with van der Waals surface area (Å²) >= 11 is 5.10. The van der Waals surface area contributed by atoms with E-state index in [4.69, 9.17) is 12.2 Å². The first kappa shape index (κ1) is 13.8. The molecule has 1 saturated carbocycles. The van der Waals surface area contributed by atoms with Crippen LogP contribution in [-0.2, 0) is 4.79 Å². The Balaban J connectivity index is 1.67. The van der Waals surface area contributed by atoms with Gasteiger partial charge in [0.15, 0.2) is 5.11 Å². The minimum absolute atomic E-state index is 0.00381. The van der Waals surface area contributed by atoms with Crippen LogP contribution in [-0.4, -0.2) is 11.0 Å². The van der Waals surface area contributed by atoms with Gasteiger partial charge in [-0.2, -0.15) is 0 Å². The second-order valence-electron chi connectivity index (χ2n) is 4.85. The average Bonchev–Trinajstić information content (AvgIpc) is 2.90. The Labute approximate surface area is 118 Å². The van der Waals surface area contributed by atoms with Crippen LogP contribution in [0.3, 0.4) is 0 Å². The van der Waals surface area contributed by atoms with Gasteiger partial charge in [0.2, 0.25) is 5.91 Å². The maximum atomic E-state index is 11.7. The molecule has 2 rings (SSSR count). The van der Waals surface area contributed by atoms with Crippen molar-refractivity contribution in [1.29, 1.82) is 0 Å². The van der Waals surface area contributed by atoms with Crippen molar-refractivity contribution in [2.45, 2.75) is 32.1 Å². The van der Waals surface area contributed by atoms with Crippen LogP contribution in [0.25, 0.3) is 0 Å². The Morgan fingerprint density at radius 3 is 2.53 bits per heavy atom. The number of para-hydroxylation sites is 1. The molecule has 102 valence electrons. The molecule has 0 saturated heterocycles. The molecule has 0 atom stereocenters. The zero-order valence-electron chi connectivity index (χ0n) is 10.8. The molecule has 19 heavy (non-hydrogen) atoms. The lowest BCUT2D eigenvalue weighted by molar-refractivity contribution is -0.122. The third-order valence-electron chi connectivity index (χ3n) is 3.30. The van der Waals surface area contributed by atoms with E-state index in [9.17, 15) is 4.79 Å². The minimum atomic E-state index is 0.00381. The minimum Gasteiger partial charge on any atom is -0.331 e. The van der Waals surface area contributed by atoms with Crippen LogP contribution in [0.1, 0.15) is 32.1 Å². The molecule has 1 aliphatic carbocycles. The lowest BCUT2D eigenvalue weighted by Gasteiger charge is -2.13. The third-order valence-corrected chi connectivity index (χ3v) is 3.50. The van der Waals surface area contributed by atoms with Crippen molar-refractivity contribution in [3.8, 4) is 0 Å². The lowest BCUT2D eigenvalue weighted by atomic mass is 10.0. The summed E-state index contributed by atoms with van der Waals surface area (Å²) in [5.74, 6) is 0.543. The number of nitrogens with one attached hydrogen (secondary N) is 3. The Bertz CT molecular complexity index is 430. The Morgan fingerprint density at radius 1 is 1.16 bits per heavy atom. The molecule has 3 N–H and O–H groups in total. The van der Waals surface area contributed by atoms with Gasteiger partial charge in [0.1, 0.15) is 0 Å². The first-order valence-corrected chi connectivity index (χ1v) is 7.06. The number of anilines is 1. The first-order valence-electron chi connectivity index (χ1n) is 6.65. The second-order valence-corrected chi connectivity index (χ2v) is 5.26. The van der Waals surface area contributed by atoms with Crippen LogP contribution in [0.2, 0.25) is 0 Å². The highest BCUT2D eigenvalue weighted by molar-refractivity contribution is 7.80. The van der Waals surface area contributed by atoms with E-state index in [1.807, 2.05) is 30.3 Å². The fourth-order valence-corrected chi connectivity index (χ4v) is 2.51. The molecule has 4 nitrogen and oxygen atoms in total. The molecule has 0 bridgehead atoms. The summed E-state index contributed by atoms with van der Waals surface area (Å²) in [5.41, 5.74) is 6.26. The standard InChI is InChI=1S/C14H19N3OS/c18-13(10-11-6-4-5-7-11)16-17-14(19)15-12-8-2-1-3-9-12/h1-3,8-9,11H,4-7,10H2,(H,16,18)(H2,15,17,19). The van der Waals surface area contributed by atoms with E-state index in [0.29, 0.717) is 17.5 Å². The summed E-state index contributed by atoms with van der Waals surface area (Å²) in [4.78, 5) is 11.7. The Kier molecular flexibility index (Phi) is 5.15. The highest BCUT2D eigenvalue weighted by atomic mass is 32.1. The number of carbonyl (C=O) groups excluding carboxylic acids is 1. The van der Waals surface area contributed by atoms with Crippen LogP contribution >= 0.6 is 12.2 Å². The van der Waals surface area contributed by atoms with Gasteiger partial charge in [0.05, 0.1) is 0 Å². The van der Waals surface area contributed by atoms with Gasteiger partial charge < -0.3 is 5.32 Å². The SMILES string of the molecule is O=C(CC1CCCC1)NNC(=S)Nc1ccccc1. The van der Waals surface area contributed by atoms with Crippen molar-refractivity contribution in [2.75, 3.05) is 5.32 Å². The first-order chi connectivity index (χ1) is 9.24. The van der Waals surface area contributed by atoms with Crippen LogP contribution in [0.5, 0.6) is 0 Å².